The maximum Gasteiger partial charge on any atom is 0.193 e. The SMILES string of the molecule is C=C1O[C@@H](CCOCc2ccccc2)[C@H](OCc2ccccc2)C[C@@H]1O[Si](C)(C)C(C)(C)C. The van der Waals surface area contributed by atoms with Crippen molar-refractivity contribution in [3.8, 4) is 0 Å². The zero-order valence-corrected chi connectivity index (χ0v) is 21.9. The zero-order valence-electron chi connectivity index (χ0n) is 20.9. The van der Waals surface area contributed by atoms with Gasteiger partial charge in [-0.3, -0.25) is 0 Å². The lowest BCUT2D eigenvalue weighted by Crippen LogP contribution is -2.49. The fourth-order valence-corrected chi connectivity index (χ4v) is 4.94. The average molecular weight is 469 g/mol. The Labute approximate surface area is 201 Å². The summed E-state index contributed by atoms with van der Waals surface area (Å²) < 4.78 is 25.3. The van der Waals surface area contributed by atoms with Gasteiger partial charge in [-0.15, -0.1) is 0 Å². The van der Waals surface area contributed by atoms with E-state index in [9.17, 15) is 0 Å². The average Bonchev–Trinajstić information content (AvgIpc) is 2.78. The highest BCUT2D eigenvalue weighted by Gasteiger charge is 2.43. The first-order chi connectivity index (χ1) is 15.7. The van der Waals surface area contributed by atoms with Crippen molar-refractivity contribution in [1.29, 1.82) is 0 Å². The van der Waals surface area contributed by atoms with Crippen LogP contribution in [0.1, 0.15) is 44.7 Å². The number of ether oxygens (including phenoxy) is 3. The van der Waals surface area contributed by atoms with Gasteiger partial charge in [0.2, 0.25) is 0 Å². The first kappa shape index (κ1) is 25.7. The monoisotopic (exact) mass is 468 g/mol. The van der Waals surface area contributed by atoms with Crippen LogP contribution in [0.15, 0.2) is 73.0 Å². The molecule has 0 saturated carbocycles. The smallest absolute Gasteiger partial charge is 0.193 e. The quantitative estimate of drug-likeness (QED) is 0.282. The van der Waals surface area contributed by atoms with Gasteiger partial charge in [-0.25, -0.2) is 0 Å². The van der Waals surface area contributed by atoms with E-state index in [2.05, 4.69) is 64.7 Å². The molecular weight excluding hydrogens is 428 g/mol. The van der Waals surface area contributed by atoms with Crippen molar-refractivity contribution in [3.63, 3.8) is 0 Å². The van der Waals surface area contributed by atoms with E-state index in [-0.39, 0.29) is 23.4 Å². The number of hydrogen-bond donors (Lipinski definition) is 0. The predicted molar refractivity (Wildman–Crippen MR) is 136 cm³/mol. The molecule has 3 atom stereocenters. The highest BCUT2D eigenvalue weighted by Crippen LogP contribution is 2.40. The summed E-state index contributed by atoms with van der Waals surface area (Å²) in [5, 5.41) is 0.121. The molecule has 5 heteroatoms. The van der Waals surface area contributed by atoms with E-state index in [1.54, 1.807) is 0 Å². The molecule has 4 nitrogen and oxygen atoms in total. The summed E-state index contributed by atoms with van der Waals surface area (Å²) in [6.45, 7) is 17.3. The van der Waals surface area contributed by atoms with Crippen molar-refractivity contribution in [2.45, 2.75) is 83.3 Å². The molecule has 180 valence electrons. The standard InChI is InChI=1S/C28H40O4Si/c1-22-26(32-33(5,6)28(2,3)4)19-27(30-21-24-15-11-8-12-16-24)25(31-22)17-18-29-20-23-13-9-7-10-14-23/h7-16,25-27H,1,17-21H2,2-6H3/t25-,26-,27+/m0/s1. The van der Waals surface area contributed by atoms with Crippen LogP contribution in [0.2, 0.25) is 18.1 Å². The fourth-order valence-electron chi connectivity index (χ4n) is 3.65. The molecule has 0 unspecified atom stereocenters. The van der Waals surface area contributed by atoms with Gasteiger partial charge in [0.1, 0.15) is 18.0 Å². The Hall–Kier alpha value is -1.92. The lowest BCUT2D eigenvalue weighted by Gasteiger charge is -2.44. The molecule has 0 spiro atoms. The van der Waals surface area contributed by atoms with E-state index in [0.29, 0.717) is 25.6 Å². The second-order valence-corrected chi connectivity index (χ2v) is 15.1. The van der Waals surface area contributed by atoms with Gasteiger partial charge in [0, 0.05) is 12.8 Å². The van der Waals surface area contributed by atoms with Gasteiger partial charge in [0.25, 0.3) is 0 Å². The predicted octanol–water partition coefficient (Wildman–Crippen LogP) is 6.87. The molecule has 1 saturated heterocycles. The second-order valence-electron chi connectivity index (χ2n) is 10.4. The summed E-state index contributed by atoms with van der Waals surface area (Å²) in [5.41, 5.74) is 2.33. The lowest BCUT2D eigenvalue weighted by atomic mass is 9.99. The van der Waals surface area contributed by atoms with Gasteiger partial charge >= 0.3 is 0 Å². The van der Waals surface area contributed by atoms with Crippen molar-refractivity contribution in [1.82, 2.24) is 0 Å². The highest BCUT2D eigenvalue weighted by molar-refractivity contribution is 6.74. The third-order valence-electron chi connectivity index (χ3n) is 6.73. The largest absolute Gasteiger partial charge is 0.490 e. The maximum absolute atomic E-state index is 6.67. The van der Waals surface area contributed by atoms with Crippen LogP contribution in [0.3, 0.4) is 0 Å². The Morgan fingerprint density at radius 3 is 2.09 bits per heavy atom. The van der Waals surface area contributed by atoms with Crippen LogP contribution in [-0.2, 0) is 31.9 Å². The molecule has 2 aromatic rings. The molecule has 0 bridgehead atoms. The molecule has 0 N–H and O–H groups in total. The summed E-state index contributed by atoms with van der Waals surface area (Å²) >= 11 is 0. The number of benzene rings is 2. The van der Waals surface area contributed by atoms with Crippen molar-refractivity contribution < 1.29 is 18.6 Å². The van der Waals surface area contributed by atoms with E-state index < -0.39 is 8.32 Å². The van der Waals surface area contributed by atoms with Gasteiger partial charge in [-0.1, -0.05) is 88.0 Å². The van der Waals surface area contributed by atoms with Gasteiger partial charge in [0.15, 0.2) is 8.32 Å². The lowest BCUT2D eigenvalue weighted by molar-refractivity contribution is -0.121. The third-order valence-corrected chi connectivity index (χ3v) is 11.2. The van der Waals surface area contributed by atoms with Gasteiger partial charge in [-0.05, 0) is 29.3 Å². The minimum Gasteiger partial charge on any atom is -0.490 e. The topological polar surface area (TPSA) is 36.9 Å². The first-order valence-electron chi connectivity index (χ1n) is 12.0. The van der Waals surface area contributed by atoms with Crippen molar-refractivity contribution in [3.05, 3.63) is 84.1 Å². The molecule has 1 aliphatic rings. The maximum atomic E-state index is 6.67. The molecule has 0 amide bonds. The zero-order chi connectivity index (χ0) is 23.9. The van der Waals surface area contributed by atoms with Crippen LogP contribution in [-0.4, -0.2) is 33.2 Å². The van der Waals surface area contributed by atoms with Crippen LogP contribution < -0.4 is 0 Å². The van der Waals surface area contributed by atoms with E-state index >= 15 is 0 Å². The summed E-state index contributed by atoms with van der Waals surface area (Å²) in [4.78, 5) is 0. The van der Waals surface area contributed by atoms with Gasteiger partial charge < -0.3 is 18.6 Å². The van der Waals surface area contributed by atoms with Crippen molar-refractivity contribution in [2.24, 2.45) is 0 Å². The Morgan fingerprint density at radius 2 is 1.52 bits per heavy atom. The Morgan fingerprint density at radius 1 is 0.939 bits per heavy atom. The fraction of sp³-hybridized carbons (Fsp3) is 0.500. The molecule has 0 radical (unpaired) electrons. The summed E-state index contributed by atoms with van der Waals surface area (Å²) in [6.07, 6.45) is 1.18. The molecular formula is C28H40O4Si. The number of rotatable bonds is 10. The molecule has 1 aliphatic heterocycles. The van der Waals surface area contributed by atoms with Gasteiger partial charge in [-0.2, -0.15) is 0 Å². The highest BCUT2D eigenvalue weighted by atomic mass is 28.4. The normalized spacial score (nSPS) is 21.6. The molecule has 33 heavy (non-hydrogen) atoms. The minimum atomic E-state index is -1.96. The van der Waals surface area contributed by atoms with Crippen LogP contribution in [0.5, 0.6) is 0 Å². The first-order valence-corrected chi connectivity index (χ1v) is 14.9. The minimum absolute atomic E-state index is 0.0780. The van der Waals surface area contributed by atoms with Crippen LogP contribution in [0.25, 0.3) is 0 Å². The number of hydrogen-bond acceptors (Lipinski definition) is 4. The van der Waals surface area contributed by atoms with Crippen molar-refractivity contribution in [2.75, 3.05) is 6.61 Å². The van der Waals surface area contributed by atoms with Crippen LogP contribution in [0, 0.1) is 0 Å². The Bertz CT molecular complexity index is 860. The van der Waals surface area contributed by atoms with Crippen LogP contribution in [0.4, 0.5) is 0 Å². The molecule has 1 heterocycles. The van der Waals surface area contributed by atoms with Gasteiger partial charge in [0.05, 0.1) is 25.9 Å². The van der Waals surface area contributed by atoms with Crippen molar-refractivity contribution >= 4 is 8.32 Å². The molecule has 0 aromatic heterocycles. The van der Waals surface area contributed by atoms with Crippen LogP contribution >= 0.6 is 0 Å². The van der Waals surface area contributed by atoms with E-state index in [0.717, 1.165) is 18.4 Å². The molecule has 1 fully saturated rings. The van der Waals surface area contributed by atoms with E-state index in [1.165, 1.54) is 5.56 Å². The summed E-state index contributed by atoms with van der Waals surface area (Å²) in [6, 6.07) is 20.5. The molecule has 2 aromatic carbocycles. The Kier molecular flexibility index (Phi) is 8.93. The third kappa shape index (κ3) is 7.54. The van der Waals surface area contributed by atoms with E-state index in [1.807, 2.05) is 36.4 Å². The Balaban J connectivity index is 1.62. The molecule has 3 rings (SSSR count). The molecule has 0 aliphatic carbocycles. The summed E-state index contributed by atoms with van der Waals surface area (Å²) in [7, 11) is -1.96. The second kappa shape index (κ2) is 11.5. The summed E-state index contributed by atoms with van der Waals surface area (Å²) in [5.74, 6) is 0.715. The van der Waals surface area contributed by atoms with E-state index in [4.69, 9.17) is 18.6 Å².